The minimum absolute atomic E-state index is 0.248. The smallest absolute Gasteiger partial charge is 0.328 e. The fourth-order valence-corrected chi connectivity index (χ4v) is 5.63. The van der Waals surface area contributed by atoms with Crippen LogP contribution in [0.4, 0.5) is 15.6 Å². The van der Waals surface area contributed by atoms with E-state index in [0.29, 0.717) is 28.4 Å². The first kappa shape index (κ1) is 24.4. The van der Waals surface area contributed by atoms with Gasteiger partial charge in [-0.2, -0.15) is 0 Å². The van der Waals surface area contributed by atoms with Crippen LogP contribution in [0.25, 0.3) is 0 Å². The molecule has 0 unspecified atom stereocenters. The van der Waals surface area contributed by atoms with Gasteiger partial charge in [0.05, 0.1) is 20.8 Å². The number of hydrogen-bond donors (Lipinski definition) is 2. The number of anilines is 2. The summed E-state index contributed by atoms with van der Waals surface area (Å²) in [4.78, 5) is 30.5. The van der Waals surface area contributed by atoms with Crippen LogP contribution in [0, 0.1) is 11.3 Å². The van der Waals surface area contributed by atoms with Gasteiger partial charge < -0.3 is 5.11 Å². The van der Waals surface area contributed by atoms with Crippen LogP contribution in [-0.4, -0.2) is 34.4 Å². The maximum Gasteiger partial charge on any atom is 0.328 e. The Hall–Kier alpha value is -1.29. The molecule has 1 aliphatic rings. The highest BCUT2D eigenvalue weighted by atomic mass is 79.9. The van der Waals surface area contributed by atoms with Crippen LogP contribution in [0.3, 0.4) is 0 Å². The summed E-state index contributed by atoms with van der Waals surface area (Å²) in [6.45, 7) is 4.01. The fourth-order valence-electron chi connectivity index (χ4n) is 3.27. The second kappa shape index (κ2) is 10.6. The van der Waals surface area contributed by atoms with Gasteiger partial charge in [0, 0.05) is 22.5 Å². The van der Waals surface area contributed by atoms with Crippen molar-refractivity contribution in [2.24, 2.45) is 11.3 Å². The van der Waals surface area contributed by atoms with Crippen LogP contribution in [0.5, 0.6) is 0 Å². The van der Waals surface area contributed by atoms with Gasteiger partial charge in [0.2, 0.25) is 0 Å². The number of aliphatic carboxylic acids is 1. The van der Waals surface area contributed by atoms with Crippen molar-refractivity contribution in [2.75, 3.05) is 22.5 Å². The Morgan fingerprint density at radius 1 is 1.39 bits per heavy atom. The van der Waals surface area contributed by atoms with E-state index in [2.05, 4.69) is 26.2 Å². The Morgan fingerprint density at radius 3 is 2.74 bits per heavy atom. The number of thiazole rings is 1. The quantitative estimate of drug-likeness (QED) is 0.349. The number of rotatable bonds is 8. The van der Waals surface area contributed by atoms with Crippen molar-refractivity contribution < 1.29 is 14.7 Å². The lowest BCUT2D eigenvalue weighted by atomic mass is 9.97. The minimum Gasteiger partial charge on any atom is -0.481 e. The third-order valence-electron chi connectivity index (χ3n) is 5.23. The number of aromatic nitrogens is 1. The highest BCUT2D eigenvalue weighted by Crippen LogP contribution is 2.34. The summed E-state index contributed by atoms with van der Waals surface area (Å²) in [5.41, 5.74) is -0.0938. The number of hydrogen-bond acceptors (Lipinski definition) is 5. The van der Waals surface area contributed by atoms with Crippen molar-refractivity contribution in [3.63, 3.8) is 0 Å². The number of nitrogens with one attached hydrogen (secondary N) is 1. The molecular formula is C21H25BrClN3O3S2. The molecule has 1 saturated carbocycles. The summed E-state index contributed by atoms with van der Waals surface area (Å²) in [5, 5.41) is 13.2. The lowest BCUT2D eigenvalue weighted by molar-refractivity contribution is -0.145. The fraction of sp³-hybridized carbons (Fsp3) is 0.476. The number of halogens is 2. The SMILES string of the molecule is CC(C)(CSc1cnc(NC(=O)N(CC2CCCC2)c2ccc(Br)c(Cl)c2)s1)C(=O)O. The Balaban J connectivity index is 1.70. The molecule has 2 N–H and O–H groups in total. The average Bonchev–Trinajstić information content (AvgIpc) is 3.38. The zero-order chi connectivity index (χ0) is 22.6. The van der Waals surface area contributed by atoms with Crippen LogP contribution in [0.15, 0.2) is 33.1 Å². The van der Waals surface area contributed by atoms with E-state index < -0.39 is 11.4 Å². The Labute approximate surface area is 203 Å². The predicted molar refractivity (Wildman–Crippen MR) is 132 cm³/mol. The monoisotopic (exact) mass is 545 g/mol. The van der Waals surface area contributed by atoms with Crippen molar-refractivity contribution in [1.29, 1.82) is 0 Å². The highest BCUT2D eigenvalue weighted by molar-refractivity contribution is 9.10. The minimum atomic E-state index is -0.839. The van der Waals surface area contributed by atoms with Crippen LogP contribution < -0.4 is 10.2 Å². The Morgan fingerprint density at radius 2 is 2.10 bits per heavy atom. The molecule has 0 spiro atoms. The Kier molecular flexibility index (Phi) is 8.29. The highest BCUT2D eigenvalue weighted by Gasteiger charge is 2.28. The third kappa shape index (κ3) is 6.60. The maximum absolute atomic E-state index is 13.2. The van der Waals surface area contributed by atoms with E-state index in [1.165, 1.54) is 35.9 Å². The molecule has 3 rings (SSSR count). The molecular weight excluding hydrogens is 522 g/mol. The van der Waals surface area contributed by atoms with Crippen molar-refractivity contribution in [2.45, 2.75) is 43.7 Å². The van der Waals surface area contributed by atoms with Crippen LogP contribution >= 0.6 is 50.6 Å². The molecule has 1 fully saturated rings. The largest absolute Gasteiger partial charge is 0.481 e. The summed E-state index contributed by atoms with van der Waals surface area (Å²) in [6, 6.07) is 5.26. The van der Waals surface area contributed by atoms with Crippen molar-refractivity contribution in [1.82, 2.24) is 4.98 Å². The molecule has 31 heavy (non-hydrogen) atoms. The first-order valence-electron chi connectivity index (χ1n) is 10.0. The van der Waals surface area contributed by atoms with E-state index in [1.54, 1.807) is 31.0 Å². The number of urea groups is 1. The summed E-state index contributed by atoms with van der Waals surface area (Å²) in [6.07, 6.45) is 6.29. The number of carbonyl (C=O) groups is 2. The standard InChI is InChI=1S/C21H25BrClN3O3S2/c1-21(2,18(27)28)12-30-17-10-24-19(31-17)25-20(29)26(11-13-5-3-4-6-13)14-7-8-15(22)16(23)9-14/h7-10,13H,3-6,11-12H2,1-2H3,(H,27,28)(H,24,25,29). The van der Waals surface area contributed by atoms with Gasteiger partial charge in [-0.15, -0.1) is 11.8 Å². The zero-order valence-electron chi connectivity index (χ0n) is 17.4. The van der Waals surface area contributed by atoms with Gasteiger partial charge in [0.25, 0.3) is 0 Å². The summed E-state index contributed by atoms with van der Waals surface area (Å²) < 4.78 is 1.64. The van der Waals surface area contributed by atoms with Crippen molar-refractivity contribution in [3.05, 3.63) is 33.9 Å². The molecule has 0 bridgehead atoms. The zero-order valence-corrected chi connectivity index (χ0v) is 21.3. The number of carbonyl (C=O) groups excluding carboxylic acids is 1. The summed E-state index contributed by atoms with van der Waals surface area (Å²) in [5.74, 6) is 0.0471. The first-order chi connectivity index (χ1) is 14.7. The second-order valence-corrected chi connectivity index (χ2v) is 11.8. The number of nitrogens with zero attached hydrogens (tertiary/aromatic N) is 2. The molecule has 0 atom stereocenters. The molecule has 1 aromatic carbocycles. The molecule has 6 nitrogen and oxygen atoms in total. The molecule has 1 aromatic heterocycles. The first-order valence-corrected chi connectivity index (χ1v) is 13.0. The Bertz CT molecular complexity index is 948. The molecule has 0 saturated heterocycles. The molecule has 1 aliphatic carbocycles. The van der Waals surface area contributed by atoms with Gasteiger partial charge in [-0.05, 0) is 66.7 Å². The van der Waals surface area contributed by atoms with Crippen LogP contribution in [-0.2, 0) is 4.79 Å². The molecule has 1 heterocycles. The number of benzene rings is 1. The second-order valence-electron chi connectivity index (χ2n) is 8.25. The van der Waals surface area contributed by atoms with Gasteiger partial charge >= 0.3 is 12.0 Å². The molecule has 2 amide bonds. The average molecular weight is 547 g/mol. The van der Waals surface area contributed by atoms with E-state index in [-0.39, 0.29) is 6.03 Å². The van der Waals surface area contributed by atoms with Crippen LogP contribution in [0.2, 0.25) is 5.02 Å². The van der Waals surface area contributed by atoms with E-state index in [1.807, 2.05) is 12.1 Å². The number of carboxylic acids is 1. The molecule has 168 valence electrons. The van der Waals surface area contributed by atoms with E-state index >= 15 is 0 Å². The third-order valence-corrected chi connectivity index (χ3v) is 9.03. The van der Waals surface area contributed by atoms with Crippen LogP contribution in [0.1, 0.15) is 39.5 Å². The van der Waals surface area contributed by atoms with E-state index in [9.17, 15) is 14.7 Å². The van der Waals surface area contributed by atoms with Gasteiger partial charge in [0.15, 0.2) is 5.13 Å². The van der Waals surface area contributed by atoms with Crippen molar-refractivity contribution in [3.8, 4) is 0 Å². The molecule has 0 radical (unpaired) electrons. The predicted octanol–water partition coefficient (Wildman–Crippen LogP) is 6.99. The molecule has 2 aromatic rings. The number of thioether (sulfide) groups is 1. The van der Waals surface area contributed by atoms with Gasteiger partial charge in [-0.25, -0.2) is 9.78 Å². The van der Waals surface area contributed by atoms with Gasteiger partial charge in [-0.3, -0.25) is 15.0 Å². The maximum atomic E-state index is 13.2. The van der Waals surface area contributed by atoms with Crippen molar-refractivity contribution >= 4 is 73.4 Å². The lowest BCUT2D eigenvalue weighted by Gasteiger charge is -2.26. The van der Waals surface area contributed by atoms with E-state index in [0.717, 1.165) is 27.2 Å². The summed E-state index contributed by atoms with van der Waals surface area (Å²) in [7, 11) is 0. The molecule has 0 aliphatic heterocycles. The van der Waals surface area contributed by atoms with Gasteiger partial charge in [0.1, 0.15) is 0 Å². The summed E-state index contributed by atoms with van der Waals surface area (Å²) >= 11 is 12.4. The topological polar surface area (TPSA) is 82.5 Å². The molecule has 10 heteroatoms. The normalized spacial score (nSPS) is 14.6. The lowest BCUT2D eigenvalue weighted by Crippen LogP contribution is -2.38. The number of amides is 2. The van der Waals surface area contributed by atoms with Gasteiger partial charge in [-0.1, -0.05) is 35.8 Å². The number of carboxylic acid groups (broad SMARTS) is 1. The van der Waals surface area contributed by atoms with E-state index in [4.69, 9.17) is 11.6 Å².